The summed E-state index contributed by atoms with van der Waals surface area (Å²) < 4.78 is 2.62. The van der Waals surface area contributed by atoms with Gasteiger partial charge in [-0.05, 0) is 31.4 Å². The fraction of sp³-hybridized carbons (Fsp3) is 0.200. The number of nitro benzene ring substituents is 1. The van der Waals surface area contributed by atoms with Crippen molar-refractivity contribution >= 4 is 5.69 Å². The van der Waals surface area contributed by atoms with Crippen LogP contribution in [0.25, 0.3) is 16.9 Å². The van der Waals surface area contributed by atoms with Gasteiger partial charge in [-0.1, -0.05) is 30.3 Å². The van der Waals surface area contributed by atoms with Gasteiger partial charge in [0.05, 0.1) is 16.3 Å². The first-order valence-corrected chi connectivity index (χ1v) is 8.74. The van der Waals surface area contributed by atoms with Crippen molar-refractivity contribution in [2.75, 3.05) is 0 Å². The van der Waals surface area contributed by atoms with E-state index in [1.807, 2.05) is 24.3 Å². The van der Waals surface area contributed by atoms with Gasteiger partial charge in [0.2, 0.25) is 0 Å². The molecule has 7 nitrogen and oxygen atoms in total. The Kier molecular flexibility index (Phi) is 3.99. The predicted molar refractivity (Wildman–Crippen MR) is 101 cm³/mol. The van der Waals surface area contributed by atoms with Gasteiger partial charge in [-0.2, -0.15) is 0 Å². The summed E-state index contributed by atoms with van der Waals surface area (Å²) in [5.74, 6) is 0. The van der Waals surface area contributed by atoms with Crippen molar-refractivity contribution in [2.24, 2.45) is 0 Å². The second kappa shape index (κ2) is 6.35. The second-order valence-electron chi connectivity index (χ2n) is 6.43. The number of aryl methyl sites for hydroxylation is 1. The van der Waals surface area contributed by atoms with E-state index in [1.165, 1.54) is 21.3 Å². The monoisotopic (exact) mass is 363 g/mol. The Bertz CT molecular complexity index is 1190. The molecule has 1 aliphatic carbocycles. The van der Waals surface area contributed by atoms with Crippen molar-refractivity contribution in [1.29, 1.82) is 0 Å². The first kappa shape index (κ1) is 17.0. The predicted octanol–water partition coefficient (Wildman–Crippen LogP) is 2.69. The molecule has 1 heterocycles. The second-order valence-corrected chi connectivity index (χ2v) is 6.43. The van der Waals surface area contributed by atoms with E-state index >= 15 is 0 Å². The molecule has 2 aromatic carbocycles. The molecule has 0 aliphatic heterocycles. The van der Waals surface area contributed by atoms with Crippen molar-refractivity contribution in [1.82, 2.24) is 9.13 Å². The molecule has 0 fully saturated rings. The van der Waals surface area contributed by atoms with Gasteiger partial charge < -0.3 is 0 Å². The average molecular weight is 363 g/mol. The Balaban J connectivity index is 2.15. The number of aromatic nitrogens is 2. The van der Waals surface area contributed by atoms with E-state index < -0.39 is 10.6 Å². The molecule has 136 valence electrons. The molecule has 0 atom stereocenters. The number of nitrogens with zero attached hydrogens (tertiary/aromatic N) is 3. The number of hydrogen-bond donors (Lipinski definition) is 0. The minimum absolute atomic E-state index is 0.105. The van der Waals surface area contributed by atoms with Gasteiger partial charge in [0.15, 0.2) is 0 Å². The molecular weight excluding hydrogens is 346 g/mol. The van der Waals surface area contributed by atoms with Crippen molar-refractivity contribution in [3.8, 4) is 16.9 Å². The summed E-state index contributed by atoms with van der Waals surface area (Å²) in [5, 5.41) is 11.2. The van der Waals surface area contributed by atoms with Gasteiger partial charge in [-0.15, -0.1) is 0 Å². The minimum atomic E-state index is -0.495. The zero-order valence-corrected chi connectivity index (χ0v) is 14.7. The third-order valence-electron chi connectivity index (χ3n) is 4.97. The van der Waals surface area contributed by atoms with Crippen LogP contribution in [0, 0.1) is 10.1 Å². The maximum Gasteiger partial charge on any atom is 0.336 e. The van der Waals surface area contributed by atoms with Gasteiger partial charge in [0.1, 0.15) is 0 Å². The molecule has 0 radical (unpaired) electrons. The lowest BCUT2D eigenvalue weighted by Gasteiger charge is -2.24. The molecule has 0 amide bonds. The lowest BCUT2D eigenvalue weighted by molar-refractivity contribution is -0.384. The Morgan fingerprint density at radius 3 is 2.59 bits per heavy atom. The maximum atomic E-state index is 13.1. The van der Waals surface area contributed by atoms with Crippen LogP contribution in [-0.2, 0) is 19.4 Å². The molecule has 0 N–H and O–H groups in total. The van der Waals surface area contributed by atoms with Gasteiger partial charge in [0.25, 0.3) is 11.2 Å². The molecule has 1 aromatic heterocycles. The quantitative estimate of drug-likeness (QED) is 0.529. The topological polar surface area (TPSA) is 87.1 Å². The normalized spacial score (nSPS) is 12.3. The van der Waals surface area contributed by atoms with Crippen LogP contribution in [0.5, 0.6) is 0 Å². The molecule has 0 saturated heterocycles. The van der Waals surface area contributed by atoms with E-state index in [4.69, 9.17) is 0 Å². The van der Waals surface area contributed by atoms with Crippen LogP contribution >= 0.6 is 0 Å². The molecule has 27 heavy (non-hydrogen) atoms. The molecule has 1 aliphatic rings. The summed E-state index contributed by atoms with van der Waals surface area (Å²) in [6.45, 7) is 1.98. The average Bonchev–Trinajstić information content (AvgIpc) is 2.68. The number of fused-ring (bicyclic) bond motifs is 3. The molecule has 0 saturated carbocycles. The van der Waals surface area contributed by atoms with Crippen molar-refractivity contribution in [3.05, 3.63) is 90.6 Å². The fourth-order valence-electron chi connectivity index (χ4n) is 3.70. The van der Waals surface area contributed by atoms with E-state index in [9.17, 15) is 19.7 Å². The Morgan fingerprint density at radius 2 is 1.85 bits per heavy atom. The number of nitro groups is 1. The summed E-state index contributed by atoms with van der Waals surface area (Å²) in [6.07, 6.45) is 1.25. The first-order chi connectivity index (χ1) is 13.0. The molecule has 0 unspecified atom stereocenters. The standard InChI is InChI=1S/C20H17N3O4/c1-2-21-19(24)17-11-10-13-6-3-4-9-16(13)18(17)22(20(21)25)14-7-5-8-15(12-14)23(26)27/h3-9,12H,2,10-11H2,1H3. The number of hydrogen-bond acceptors (Lipinski definition) is 4. The molecule has 3 aromatic rings. The zero-order valence-electron chi connectivity index (χ0n) is 14.7. The third-order valence-corrected chi connectivity index (χ3v) is 4.97. The van der Waals surface area contributed by atoms with Gasteiger partial charge in [0, 0.05) is 29.8 Å². The van der Waals surface area contributed by atoms with Crippen LogP contribution in [0.1, 0.15) is 18.1 Å². The van der Waals surface area contributed by atoms with Crippen LogP contribution in [0.15, 0.2) is 58.1 Å². The summed E-state index contributed by atoms with van der Waals surface area (Å²) in [5.41, 5.74) is 2.49. The highest BCUT2D eigenvalue weighted by atomic mass is 16.6. The van der Waals surface area contributed by atoms with Crippen LogP contribution in [0.4, 0.5) is 5.69 Å². The first-order valence-electron chi connectivity index (χ1n) is 8.74. The fourth-order valence-corrected chi connectivity index (χ4v) is 3.70. The Labute approximate surface area is 154 Å². The molecule has 0 spiro atoms. The van der Waals surface area contributed by atoms with Gasteiger partial charge in [-0.25, -0.2) is 4.79 Å². The third kappa shape index (κ3) is 2.59. The van der Waals surface area contributed by atoms with Crippen molar-refractivity contribution in [2.45, 2.75) is 26.3 Å². The van der Waals surface area contributed by atoms with E-state index in [-0.39, 0.29) is 17.8 Å². The van der Waals surface area contributed by atoms with E-state index in [0.717, 1.165) is 17.5 Å². The van der Waals surface area contributed by atoms with Crippen LogP contribution < -0.4 is 11.2 Å². The molecule has 7 heteroatoms. The number of non-ortho nitro benzene ring substituents is 1. The smallest absolute Gasteiger partial charge is 0.269 e. The van der Waals surface area contributed by atoms with Crippen LogP contribution in [0.2, 0.25) is 0 Å². The van der Waals surface area contributed by atoms with Gasteiger partial charge >= 0.3 is 5.69 Å². The number of rotatable bonds is 3. The Morgan fingerprint density at radius 1 is 1.07 bits per heavy atom. The zero-order chi connectivity index (χ0) is 19.1. The minimum Gasteiger partial charge on any atom is -0.269 e. The van der Waals surface area contributed by atoms with E-state index in [1.54, 1.807) is 19.1 Å². The summed E-state index contributed by atoms with van der Waals surface area (Å²) in [6, 6.07) is 13.6. The number of benzene rings is 2. The lowest BCUT2D eigenvalue weighted by atomic mass is 9.89. The summed E-state index contributed by atoms with van der Waals surface area (Å²) in [4.78, 5) is 36.7. The van der Waals surface area contributed by atoms with Crippen molar-refractivity contribution in [3.63, 3.8) is 0 Å². The summed E-state index contributed by atoms with van der Waals surface area (Å²) >= 11 is 0. The highest BCUT2D eigenvalue weighted by molar-refractivity contribution is 5.71. The maximum absolute atomic E-state index is 13.1. The van der Waals surface area contributed by atoms with E-state index in [2.05, 4.69) is 0 Å². The van der Waals surface area contributed by atoms with Crippen molar-refractivity contribution < 1.29 is 4.92 Å². The van der Waals surface area contributed by atoms with Crippen LogP contribution in [-0.4, -0.2) is 14.1 Å². The molecule has 0 bridgehead atoms. The molecular formula is C20H17N3O4. The Hall–Kier alpha value is -3.48. The largest absolute Gasteiger partial charge is 0.336 e. The highest BCUT2D eigenvalue weighted by Gasteiger charge is 2.26. The highest BCUT2D eigenvalue weighted by Crippen LogP contribution is 2.32. The SMILES string of the molecule is CCn1c(=O)c2c(n(-c3cccc([N+](=O)[O-])c3)c1=O)-c1ccccc1CC2. The molecule has 4 rings (SSSR count). The van der Waals surface area contributed by atoms with Crippen LogP contribution in [0.3, 0.4) is 0 Å². The van der Waals surface area contributed by atoms with E-state index in [0.29, 0.717) is 23.4 Å². The van der Waals surface area contributed by atoms with Gasteiger partial charge in [-0.3, -0.25) is 24.0 Å². The summed E-state index contributed by atoms with van der Waals surface area (Å²) in [7, 11) is 0. The lowest BCUT2D eigenvalue weighted by Crippen LogP contribution is -2.42.